The number of cyclic esters (lactones) is 2. The summed E-state index contributed by atoms with van der Waals surface area (Å²) in [6.45, 7) is 23.0. The maximum absolute atomic E-state index is 16.1. The Balaban J connectivity index is 0.000000266. The SMILES string of the molecule is [B]C(=O)N(C)c1cc(/C=C/C[C@@H]2OC(C)(C)O[C@@H]2[C@H](OCc2ccc(OC)cc2)/C(F)=C\[C@@H](C)C(C)C)c2c(c1)OC(C)(C)OC2=O.[B]C(=O)N(C)c1cc(/C=C/C[C@@H]2OC(C)(C)O[C@@H]2[C@H](OCc2ccc(OC)cc2)/C(F)=C\[C@@H](C)[C@H](C)O)c2c(c1)OC(C)(C)OC2=O. The number of allylic oxidation sites excluding steroid dienone is 1. The van der Waals surface area contributed by atoms with Gasteiger partial charge in [0.15, 0.2) is 23.2 Å². The summed E-state index contributed by atoms with van der Waals surface area (Å²) in [5.41, 5.74) is 3.74. The zero-order valence-electron chi connectivity index (χ0n) is 56.8. The van der Waals surface area contributed by atoms with Gasteiger partial charge in [-0.15, -0.1) is 0 Å². The summed E-state index contributed by atoms with van der Waals surface area (Å²) < 4.78 is 103. The van der Waals surface area contributed by atoms with Crippen molar-refractivity contribution in [1.82, 2.24) is 0 Å². The van der Waals surface area contributed by atoms with Crippen molar-refractivity contribution < 1.29 is 89.9 Å². The molecule has 0 aliphatic carbocycles. The van der Waals surface area contributed by atoms with Crippen molar-refractivity contribution in [3.8, 4) is 23.0 Å². The summed E-state index contributed by atoms with van der Waals surface area (Å²) in [4.78, 5) is 52.5. The molecule has 2 amide bonds. The third kappa shape index (κ3) is 19.4. The van der Waals surface area contributed by atoms with E-state index in [1.807, 2.05) is 57.2 Å². The Bertz CT molecular complexity index is 3230. The molecule has 4 aliphatic rings. The molecule has 4 aliphatic heterocycles. The molecule has 1 N–H and O–H groups in total. The third-order valence-corrected chi connectivity index (χ3v) is 16.2. The monoisotopic (exact) mass is 1300 g/mol. The molecule has 0 aromatic heterocycles. The molecular weight excluding hydrogens is 1210 g/mol. The lowest BCUT2D eigenvalue weighted by Crippen LogP contribution is -2.39. The van der Waals surface area contributed by atoms with Gasteiger partial charge in [-0.3, -0.25) is 9.59 Å². The average molecular weight is 1300 g/mol. The predicted octanol–water partition coefficient (Wildman–Crippen LogP) is 13.4. The molecule has 4 aromatic carbocycles. The highest BCUT2D eigenvalue weighted by Gasteiger charge is 2.49. The molecule has 23 heteroatoms. The molecule has 94 heavy (non-hydrogen) atoms. The second-order valence-corrected chi connectivity index (χ2v) is 25.9. The highest BCUT2D eigenvalue weighted by Crippen LogP contribution is 2.42. The van der Waals surface area contributed by atoms with Crippen LogP contribution in [0.5, 0.6) is 23.0 Å². The van der Waals surface area contributed by atoms with E-state index in [1.54, 1.807) is 150 Å². The number of aliphatic hydroxyl groups is 1. The van der Waals surface area contributed by atoms with Crippen LogP contribution in [0.3, 0.4) is 0 Å². The van der Waals surface area contributed by atoms with E-state index in [2.05, 4.69) is 0 Å². The molecule has 2 fully saturated rings. The van der Waals surface area contributed by atoms with E-state index < -0.39 is 107 Å². The van der Waals surface area contributed by atoms with Gasteiger partial charge in [-0.2, -0.15) is 0 Å². The van der Waals surface area contributed by atoms with Crippen molar-refractivity contribution in [3.05, 3.63) is 142 Å². The maximum atomic E-state index is 16.1. The van der Waals surface area contributed by atoms with Crippen LogP contribution in [0.1, 0.15) is 146 Å². The number of benzene rings is 4. The van der Waals surface area contributed by atoms with Crippen LogP contribution in [-0.4, -0.2) is 139 Å². The summed E-state index contributed by atoms with van der Waals surface area (Å²) in [6.07, 6.45) is 4.48. The summed E-state index contributed by atoms with van der Waals surface area (Å²) in [6, 6.07) is 21.0. The van der Waals surface area contributed by atoms with Crippen LogP contribution in [0.15, 0.2) is 109 Å². The van der Waals surface area contributed by atoms with Gasteiger partial charge in [-0.1, -0.05) is 76.3 Å². The first-order chi connectivity index (χ1) is 44.0. The second kappa shape index (κ2) is 31.0. The molecule has 4 heterocycles. The Labute approximate surface area is 553 Å². The van der Waals surface area contributed by atoms with Gasteiger partial charge < -0.3 is 71.7 Å². The Kier molecular flexibility index (Phi) is 24.4. The summed E-state index contributed by atoms with van der Waals surface area (Å²) in [5, 5.41) is 10.0. The van der Waals surface area contributed by atoms with Crippen LogP contribution in [0.25, 0.3) is 12.2 Å². The molecular formula is C71H88B2F2N2O17. The van der Waals surface area contributed by atoms with Crippen molar-refractivity contribution in [2.45, 2.75) is 182 Å². The van der Waals surface area contributed by atoms with Gasteiger partial charge in [0, 0.05) is 71.2 Å². The zero-order valence-corrected chi connectivity index (χ0v) is 56.8. The Morgan fingerprint density at radius 3 is 1.26 bits per heavy atom. The number of anilines is 2. The number of carbonyl (C=O) groups excluding carboxylic acids is 4. The third-order valence-electron chi connectivity index (χ3n) is 16.2. The number of esters is 2. The number of hydrogen-bond donors (Lipinski definition) is 1. The van der Waals surface area contributed by atoms with Crippen LogP contribution >= 0.6 is 0 Å². The minimum Gasteiger partial charge on any atom is -0.497 e. The first kappa shape index (κ1) is 74.0. The lowest BCUT2D eigenvalue weighted by Gasteiger charge is -2.33. The number of fused-ring (bicyclic) bond motifs is 2. The van der Waals surface area contributed by atoms with E-state index in [0.29, 0.717) is 34.0 Å². The molecule has 504 valence electrons. The van der Waals surface area contributed by atoms with Crippen molar-refractivity contribution in [2.75, 3.05) is 38.1 Å². The first-order valence-electron chi connectivity index (χ1n) is 31.2. The molecule has 0 bridgehead atoms. The van der Waals surface area contributed by atoms with Crippen LogP contribution in [0.4, 0.5) is 29.7 Å². The minimum absolute atomic E-state index is 0.0419. The van der Waals surface area contributed by atoms with Crippen molar-refractivity contribution in [3.63, 3.8) is 0 Å². The van der Waals surface area contributed by atoms with Crippen molar-refractivity contribution >= 4 is 62.8 Å². The topological polar surface area (TPSA) is 206 Å². The predicted molar refractivity (Wildman–Crippen MR) is 354 cm³/mol. The van der Waals surface area contributed by atoms with Crippen molar-refractivity contribution in [1.29, 1.82) is 0 Å². The number of ether oxygens (including phenoxy) is 12. The molecule has 9 atom stereocenters. The zero-order chi connectivity index (χ0) is 69.4. The van der Waals surface area contributed by atoms with Crippen LogP contribution in [0, 0.1) is 17.8 Å². The highest BCUT2D eigenvalue weighted by atomic mass is 19.1. The number of rotatable bonds is 24. The first-order valence-corrected chi connectivity index (χ1v) is 31.2. The standard InChI is InChI=1S/C36H45BFNO8.C35H43BFNO9/c1-21(2)22(3)17-27(38)31(43-20-23-13-15-26(42-9)16-14-23)32-28(44-35(4,5)46-32)12-10-11-24-18-25(39(8)34(37)41)19-29-30(24)33(40)47-36(6,7)45-29;1-20(21(2)39)16-26(37)30(43-19-22-12-14-25(42-8)15-13-22)31-27(44-34(3,4)46-31)11-9-10-23-17-24(38(7)33(36)41)18-28-29(23)32(40)47-35(5,6)45-28/h10-11,13-19,21-22,28,31-32H,12,20H2,1-9H3;9-10,12-18,20-21,27,30-31,39H,11,19H2,1-8H3/b11-10+,27-17+;10-9+,26-16+/t22-,28+,31-,32+;20-,21+,27+,30-,31+/m11/s1. The summed E-state index contributed by atoms with van der Waals surface area (Å²) in [7, 11) is 17.2. The number of aliphatic hydroxyl groups excluding tert-OH is 1. The number of amides is 2. The number of nitrogens with zero attached hydrogens (tertiary/aromatic N) is 2. The van der Waals surface area contributed by atoms with Gasteiger partial charge in [-0.25, -0.2) is 18.4 Å². The molecule has 0 saturated carbocycles. The highest BCUT2D eigenvalue weighted by molar-refractivity contribution is 6.60. The molecule has 4 radical (unpaired) electrons. The van der Waals surface area contributed by atoms with E-state index in [4.69, 9.17) is 72.5 Å². The van der Waals surface area contributed by atoms with E-state index in [-0.39, 0.29) is 60.5 Å². The van der Waals surface area contributed by atoms with Gasteiger partial charge in [0.25, 0.3) is 0 Å². The number of methoxy groups -OCH3 is 2. The summed E-state index contributed by atoms with van der Waals surface area (Å²) in [5.74, 6) is -6.47. The lowest BCUT2D eigenvalue weighted by molar-refractivity contribution is -0.158. The van der Waals surface area contributed by atoms with E-state index in [1.165, 1.54) is 30.0 Å². The van der Waals surface area contributed by atoms with E-state index in [9.17, 15) is 24.3 Å². The number of halogens is 2. The van der Waals surface area contributed by atoms with Gasteiger partial charge in [0.1, 0.15) is 70.2 Å². The molecule has 2 saturated heterocycles. The second-order valence-electron chi connectivity index (χ2n) is 25.9. The Morgan fingerprint density at radius 2 is 0.926 bits per heavy atom. The number of carbonyl (C=O) groups is 4. The Hall–Kier alpha value is -7.37. The van der Waals surface area contributed by atoms with Gasteiger partial charge in [0.2, 0.25) is 27.3 Å². The number of hydrogen-bond acceptors (Lipinski definition) is 17. The van der Waals surface area contributed by atoms with E-state index >= 15 is 8.78 Å². The smallest absolute Gasteiger partial charge is 0.345 e. The molecule has 0 spiro atoms. The Morgan fingerprint density at radius 1 is 0.564 bits per heavy atom. The molecule has 0 unspecified atom stereocenters. The minimum atomic E-state index is -1.22. The fourth-order valence-corrected chi connectivity index (χ4v) is 10.6. The van der Waals surface area contributed by atoms with Crippen molar-refractivity contribution in [2.24, 2.45) is 17.8 Å². The molecule has 4 aromatic rings. The largest absolute Gasteiger partial charge is 0.497 e. The molecule has 19 nitrogen and oxygen atoms in total. The van der Waals surface area contributed by atoms with Crippen LogP contribution in [-0.2, 0) is 51.1 Å². The lowest BCUT2D eigenvalue weighted by atomic mass is 9.95. The average Bonchev–Trinajstić information content (AvgIpc) is 1.14. The maximum Gasteiger partial charge on any atom is 0.345 e. The van der Waals surface area contributed by atoms with Crippen LogP contribution in [0.2, 0.25) is 0 Å². The normalized spacial score (nSPS) is 21.9. The fourth-order valence-electron chi connectivity index (χ4n) is 10.6. The summed E-state index contributed by atoms with van der Waals surface area (Å²) >= 11 is 0. The quantitative estimate of drug-likeness (QED) is 0.0511. The van der Waals surface area contributed by atoms with Gasteiger partial charge in [0.05, 0.1) is 45.7 Å². The fraction of sp³-hybridized carbons (Fsp3) is 0.493. The van der Waals surface area contributed by atoms with Gasteiger partial charge >= 0.3 is 11.9 Å². The van der Waals surface area contributed by atoms with Crippen LogP contribution < -0.4 is 28.7 Å². The van der Waals surface area contributed by atoms with Gasteiger partial charge in [-0.05, 0) is 130 Å². The van der Waals surface area contributed by atoms with E-state index in [0.717, 1.165) is 11.1 Å². The molecule has 8 rings (SSSR count).